The van der Waals surface area contributed by atoms with Crippen molar-refractivity contribution in [2.45, 2.75) is 50.7 Å². The van der Waals surface area contributed by atoms with Crippen molar-refractivity contribution in [2.24, 2.45) is 0 Å². The van der Waals surface area contributed by atoms with Crippen LogP contribution in [0.5, 0.6) is 0 Å². The van der Waals surface area contributed by atoms with Crippen LogP contribution >= 0.6 is 0 Å². The van der Waals surface area contributed by atoms with Gasteiger partial charge in [0.05, 0.1) is 18.9 Å². The van der Waals surface area contributed by atoms with E-state index >= 15 is 0 Å². The summed E-state index contributed by atoms with van der Waals surface area (Å²) in [4.78, 5) is 7.60. The quantitative estimate of drug-likeness (QED) is 0.821. The first kappa shape index (κ1) is 18.2. The highest BCUT2D eigenvalue weighted by atomic mass is 19.1. The molecule has 4 nitrogen and oxygen atoms in total. The molecule has 0 spiro atoms. The molecular weight excluding hydrogens is 329 g/mol. The number of rotatable bonds is 4. The summed E-state index contributed by atoms with van der Waals surface area (Å²) in [6.45, 7) is 9.42. The smallest absolute Gasteiger partial charge is 0.146 e. The molecule has 0 saturated carbocycles. The normalized spacial score (nSPS) is 28.9. The predicted octanol–water partition coefficient (Wildman–Crippen LogP) is 2.98. The van der Waals surface area contributed by atoms with Gasteiger partial charge in [-0.3, -0.25) is 9.80 Å². The zero-order chi connectivity index (χ0) is 17.9. The minimum absolute atomic E-state index is 0.0964. The van der Waals surface area contributed by atoms with Crippen LogP contribution in [0.15, 0.2) is 24.3 Å². The molecule has 3 aliphatic rings. The van der Waals surface area contributed by atoms with Crippen molar-refractivity contribution >= 4 is 5.69 Å². The number of anilines is 1. The summed E-state index contributed by atoms with van der Waals surface area (Å²) in [7, 11) is 0. The van der Waals surface area contributed by atoms with Crippen LogP contribution in [0.1, 0.15) is 32.6 Å². The molecule has 0 aromatic heterocycles. The van der Waals surface area contributed by atoms with E-state index in [9.17, 15) is 4.39 Å². The first-order valence-electron chi connectivity index (χ1n) is 10.3. The Morgan fingerprint density at radius 3 is 2.62 bits per heavy atom. The molecule has 2 atom stereocenters. The van der Waals surface area contributed by atoms with Crippen molar-refractivity contribution < 1.29 is 9.13 Å². The van der Waals surface area contributed by atoms with Gasteiger partial charge in [-0.1, -0.05) is 25.5 Å². The van der Waals surface area contributed by atoms with E-state index in [4.69, 9.17) is 4.74 Å². The van der Waals surface area contributed by atoms with Crippen molar-refractivity contribution in [2.75, 3.05) is 50.8 Å². The third-order valence-electron chi connectivity index (χ3n) is 6.45. The number of benzene rings is 1. The number of halogens is 1. The molecule has 0 bridgehead atoms. The van der Waals surface area contributed by atoms with Gasteiger partial charge >= 0.3 is 0 Å². The number of nitrogens with zero attached hydrogens (tertiary/aromatic N) is 3. The fourth-order valence-electron chi connectivity index (χ4n) is 5.05. The van der Waals surface area contributed by atoms with Crippen molar-refractivity contribution in [3.05, 3.63) is 30.1 Å². The van der Waals surface area contributed by atoms with Crippen LogP contribution in [0.3, 0.4) is 0 Å². The molecule has 0 aliphatic carbocycles. The van der Waals surface area contributed by atoms with E-state index in [-0.39, 0.29) is 5.82 Å². The summed E-state index contributed by atoms with van der Waals surface area (Å²) in [5.41, 5.74) is 0.763. The van der Waals surface area contributed by atoms with Crippen LogP contribution in [0, 0.1) is 5.82 Å². The van der Waals surface area contributed by atoms with Crippen molar-refractivity contribution in [3.8, 4) is 0 Å². The molecule has 5 heteroatoms. The molecule has 3 saturated heterocycles. The molecule has 0 unspecified atom stereocenters. The van der Waals surface area contributed by atoms with E-state index < -0.39 is 0 Å². The van der Waals surface area contributed by atoms with Crippen LogP contribution in [0.25, 0.3) is 0 Å². The van der Waals surface area contributed by atoms with Crippen molar-refractivity contribution in [1.29, 1.82) is 0 Å². The number of hydrogen-bond acceptors (Lipinski definition) is 4. The number of hydrogen-bond donors (Lipinski definition) is 0. The van der Waals surface area contributed by atoms with Gasteiger partial charge < -0.3 is 9.64 Å². The minimum atomic E-state index is -0.0964. The Labute approximate surface area is 156 Å². The SMILES string of the molecule is CCC[C@H]1COC[C@H]2CN(C3CCN(c4ccccc4F)CC3)CCN12. The molecule has 0 amide bonds. The summed E-state index contributed by atoms with van der Waals surface area (Å²) in [5.74, 6) is -0.0964. The topological polar surface area (TPSA) is 19.0 Å². The molecule has 3 aliphatic heterocycles. The van der Waals surface area contributed by atoms with Gasteiger partial charge in [-0.25, -0.2) is 4.39 Å². The highest BCUT2D eigenvalue weighted by molar-refractivity contribution is 5.47. The van der Waals surface area contributed by atoms with E-state index in [1.807, 2.05) is 12.1 Å². The summed E-state index contributed by atoms with van der Waals surface area (Å²) in [6.07, 6.45) is 4.73. The van der Waals surface area contributed by atoms with E-state index in [1.54, 1.807) is 12.1 Å². The fourth-order valence-corrected chi connectivity index (χ4v) is 5.05. The van der Waals surface area contributed by atoms with Gasteiger partial charge in [0.15, 0.2) is 0 Å². The number of fused-ring (bicyclic) bond motifs is 1. The van der Waals surface area contributed by atoms with Gasteiger partial charge in [0.2, 0.25) is 0 Å². The fraction of sp³-hybridized carbons (Fsp3) is 0.714. The average molecular weight is 362 g/mol. The van der Waals surface area contributed by atoms with E-state index in [1.165, 1.54) is 25.9 Å². The molecule has 3 heterocycles. The Morgan fingerprint density at radius 2 is 1.85 bits per heavy atom. The first-order valence-corrected chi connectivity index (χ1v) is 10.3. The van der Waals surface area contributed by atoms with Crippen LogP contribution < -0.4 is 4.90 Å². The van der Waals surface area contributed by atoms with E-state index in [2.05, 4.69) is 21.6 Å². The lowest BCUT2D eigenvalue weighted by molar-refractivity contribution is -0.0902. The van der Waals surface area contributed by atoms with E-state index in [0.29, 0.717) is 18.1 Å². The molecule has 1 aromatic carbocycles. The predicted molar refractivity (Wildman–Crippen MR) is 103 cm³/mol. The highest BCUT2D eigenvalue weighted by Gasteiger charge is 2.37. The first-order chi connectivity index (χ1) is 12.8. The number of ether oxygens (including phenoxy) is 1. The third-order valence-corrected chi connectivity index (χ3v) is 6.45. The maximum atomic E-state index is 14.0. The zero-order valence-corrected chi connectivity index (χ0v) is 15.9. The molecule has 1 aromatic rings. The number of piperidine rings is 1. The molecule has 0 radical (unpaired) electrons. The maximum absolute atomic E-state index is 14.0. The molecule has 26 heavy (non-hydrogen) atoms. The molecular formula is C21H32FN3O. The second kappa shape index (κ2) is 8.24. The van der Waals surface area contributed by atoms with Crippen molar-refractivity contribution in [3.63, 3.8) is 0 Å². The lowest BCUT2D eigenvalue weighted by Gasteiger charge is -2.51. The summed E-state index contributed by atoms with van der Waals surface area (Å²) in [6, 6.07) is 8.97. The number of morpholine rings is 1. The molecule has 3 fully saturated rings. The third kappa shape index (κ3) is 3.75. The Hall–Kier alpha value is -1.17. The highest BCUT2D eigenvalue weighted by Crippen LogP contribution is 2.28. The summed E-state index contributed by atoms with van der Waals surface area (Å²) in [5, 5.41) is 0. The van der Waals surface area contributed by atoms with Gasteiger partial charge in [-0.15, -0.1) is 0 Å². The molecule has 0 N–H and O–H groups in total. The Kier molecular flexibility index (Phi) is 5.77. The zero-order valence-electron chi connectivity index (χ0n) is 15.9. The second-order valence-electron chi connectivity index (χ2n) is 8.04. The van der Waals surface area contributed by atoms with Crippen molar-refractivity contribution in [1.82, 2.24) is 9.80 Å². The average Bonchev–Trinajstić information content (AvgIpc) is 2.69. The van der Waals surface area contributed by atoms with Gasteiger partial charge in [0.25, 0.3) is 0 Å². The van der Waals surface area contributed by atoms with E-state index in [0.717, 1.165) is 51.4 Å². The summed E-state index contributed by atoms with van der Waals surface area (Å²) >= 11 is 0. The summed E-state index contributed by atoms with van der Waals surface area (Å²) < 4.78 is 19.9. The Balaban J connectivity index is 1.32. The lowest BCUT2D eigenvalue weighted by Crippen LogP contribution is -2.63. The van der Waals surface area contributed by atoms with Crippen LogP contribution in [0.4, 0.5) is 10.1 Å². The van der Waals surface area contributed by atoms with Gasteiger partial charge in [-0.05, 0) is 31.4 Å². The van der Waals surface area contributed by atoms with Gasteiger partial charge in [-0.2, -0.15) is 0 Å². The van der Waals surface area contributed by atoms with Gasteiger partial charge in [0.1, 0.15) is 5.82 Å². The van der Waals surface area contributed by atoms with Gasteiger partial charge in [0, 0.05) is 50.8 Å². The minimum Gasteiger partial charge on any atom is -0.378 e. The molecule has 4 rings (SSSR count). The van der Waals surface area contributed by atoms with Crippen LogP contribution in [0.2, 0.25) is 0 Å². The molecule has 144 valence electrons. The lowest BCUT2D eigenvalue weighted by atomic mass is 9.98. The largest absolute Gasteiger partial charge is 0.378 e. The maximum Gasteiger partial charge on any atom is 0.146 e. The standard InChI is InChI=1S/C21H32FN3O/c1-2-5-18-15-26-16-19-14-24(12-13-25(18)19)17-8-10-23(11-9-17)21-7-4-3-6-20(21)22/h3-4,6-7,17-19H,2,5,8-16H2,1H3/t18-,19+/m0/s1. The van der Waals surface area contributed by atoms with Crippen LogP contribution in [-0.2, 0) is 4.74 Å². The van der Waals surface area contributed by atoms with Crippen LogP contribution in [-0.4, -0.2) is 73.9 Å². The number of para-hydroxylation sites is 1. The Bertz CT molecular complexity index is 588. The Morgan fingerprint density at radius 1 is 1.04 bits per heavy atom. The monoisotopic (exact) mass is 361 g/mol. The second-order valence-corrected chi connectivity index (χ2v) is 8.04. The number of piperazine rings is 1.